The second kappa shape index (κ2) is 7.25. The molecule has 3 rings (SSSR count). The third-order valence-electron chi connectivity index (χ3n) is 4.40. The summed E-state index contributed by atoms with van der Waals surface area (Å²) in [7, 11) is -2.14. The standard InChI is InChI=1S/C18H22N4O2S/c1-21(25(23,24)15-6-3-2-4-7-15)17-8-5-9-18(16(17)14-19)22-12-10-20-11-13-22/h2-9,14,19-20H,10-13H2,1H3. The van der Waals surface area contributed by atoms with Crippen molar-refractivity contribution in [1.82, 2.24) is 5.32 Å². The Bertz CT molecular complexity index is 847. The van der Waals surface area contributed by atoms with E-state index < -0.39 is 10.0 Å². The van der Waals surface area contributed by atoms with Gasteiger partial charge in [0.2, 0.25) is 0 Å². The number of benzene rings is 2. The predicted octanol–water partition coefficient (Wildman–Crippen LogP) is 1.92. The van der Waals surface area contributed by atoms with E-state index in [1.165, 1.54) is 17.6 Å². The molecule has 1 fully saturated rings. The van der Waals surface area contributed by atoms with Crippen molar-refractivity contribution in [3.05, 3.63) is 54.1 Å². The molecule has 0 bridgehead atoms. The summed E-state index contributed by atoms with van der Waals surface area (Å²) < 4.78 is 27.1. The number of nitrogens with zero attached hydrogens (tertiary/aromatic N) is 2. The van der Waals surface area contributed by atoms with Crippen molar-refractivity contribution in [2.45, 2.75) is 4.90 Å². The zero-order valence-corrected chi connectivity index (χ0v) is 15.0. The van der Waals surface area contributed by atoms with Crippen LogP contribution in [0.3, 0.4) is 0 Å². The van der Waals surface area contributed by atoms with Crippen molar-refractivity contribution in [3.8, 4) is 0 Å². The van der Waals surface area contributed by atoms with Crippen LogP contribution < -0.4 is 14.5 Å². The highest BCUT2D eigenvalue weighted by Gasteiger charge is 2.25. The molecule has 2 aromatic carbocycles. The molecule has 1 saturated heterocycles. The van der Waals surface area contributed by atoms with Gasteiger partial charge in [-0.1, -0.05) is 24.3 Å². The SMILES string of the molecule is CN(c1cccc(N2CCNCC2)c1C=N)S(=O)(=O)c1ccccc1. The molecule has 6 nitrogen and oxygen atoms in total. The Kier molecular flexibility index (Phi) is 5.06. The van der Waals surface area contributed by atoms with E-state index in [4.69, 9.17) is 5.41 Å². The molecule has 1 heterocycles. The van der Waals surface area contributed by atoms with Gasteiger partial charge in [-0.2, -0.15) is 0 Å². The first-order chi connectivity index (χ1) is 12.1. The van der Waals surface area contributed by atoms with Crippen LogP contribution in [0.2, 0.25) is 0 Å². The van der Waals surface area contributed by atoms with Crippen molar-refractivity contribution in [2.24, 2.45) is 0 Å². The number of rotatable bonds is 5. The van der Waals surface area contributed by atoms with E-state index in [1.54, 1.807) is 36.4 Å². The molecule has 7 heteroatoms. The second-order valence-electron chi connectivity index (χ2n) is 5.88. The summed E-state index contributed by atoms with van der Waals surface area (Å²) in [6, 6.07) is 13.9. The smallest absolute Gasteiger partial charge is 0.264 e. The third kappa shape index (κ3) is 3.38. The van der Waals surface area contributed by atoms with Crippen LogP contribution >= 0.6 is 0 Å². The van der Waals surface area contributed by atoms with Crippen LogP contribution in [0.5, 0.6) is 0 Å². The fourth-order valence-electron chi connectivity index (χ4n) is 3.03. The molecule has 0 aromatic heterocycles. The van der Waals surface area contributed by atoms with Crippen LogP contribution in [0.4, 0.5) is 11.4 Å². The molecule has 0 unspecified atom stereocenters. The summed E-state index contributed by atoms with van der Waals surface area (Å²) >= 11 is 0. The number of hydrogen-bond acceptors (Lipinski definition) is 5. The predicted molar refractivity (Wildman–Crippen MR) is 101 cm³/mol. The van der Waals surface area contributed by atoms with Gasteiger partial charge in [0.05, 0.1) is 10.6 Å². The summed E-state index contributed by atoms with van der Waals surface area (Å²) in [5.41, 5.74) is 2.02. The maximum Gasteiger partial charge on any atom is 0.264 e. The Morgan fingerprint density at radius 3 is 2.40 bits per heavy atom. The molecule has 1 aliphatic heterocycles. The number of hydrogen-bond donors (Lipinski definition) is 2. The van der Waals surface area contributed by atoms with Crippen LogP contribution in [0.25, 0.3) is 0 Å². The molecule has 0 aliphatic carbocycles. The maximum atomic E-state index is 12.9. The average molecular weight is 358 g/mol. The molecule has 0 atom stereocenters. The van der Waals surface area contributed by atoms with Gasteiger partial charge in [-0.25, -0.2) is 8.42 Å². The van der Waals surface area contributed by atoms with Gasteiger partial charge in [-0.15, -0.1) is 0 Å². The van der Waals surface area contributed by atoms with E-state index in [0.29, 0.717) is 11.3 Å². The third-order valence-corrected chi connectivity index (χ3v) is 6.19. The molecule has 25 heavy (non-hydrogen) atoms. The van der Waals surface area contributed by atoms with Crippen LogP contribution in [0.1, 0.15) is 5.56 Å². The zero-order valence-electron chi connectivity index (χ0n) is 14.1. The van der Waals surface area contributed by atoms with Gasteiger partial charge in [0.1, 0.15) is 0 Å². The van der Waals surface area contributed by atoms with Crippen LogP contribution in [0, 0.1) is 5.41 Å². The zero-order chi connectivity index (χ0) is 17.9. The van der Waals surface area contributed by atoms with E-state index in [2.05, 4.69) is 10.2 Å². The molecule has 2 aromatic rings. The topological polar surface area (TPSA) is 76.5 Å². The van der Waals surface area contributed by atoms with Gasteiger partial charge >= 0.3 is 0 Å². The summed E-state index contributed by atoms with van der Waals surface area (Å²) in [5.74, 6) is 0. The fraction of sp³-hybridized carbons (Fsp3) is 0.278. The normalized spacial score (nSPS) is 15.0. The summed E-state index contributed by atoms with van der Waals surface area (Å²) in [5, 5.41) is 11.2. The summed E-state index contributed by atoms with van der Waals surface area (Å²) in [6.45, 7) is 3.42. The van der Waals surface area contributed by atoms with Gasteiger partial charge in [0.15, 0.2) is 0 Å². The lowest BCUT2D eigenvalue weighted by Crippen LogP contribution is -2.44. The van der Waals surface area contributed by atoms with Crippen molar-refractivity contribution < 1.29 is 8.42 Å². The summed E-state index contributed by atoms with van der Waals surface area (Å²) in [6.07, 6.45) is 1.24. The van der Waals surface area contributed by atoms with Gasteiger partial charge in [-0.3, -0.25) is 4.31 Å². The molecular weight excluding hydrogens is 336 g/mol. The van der Waals surface area contributed by atoms with Crippen LogP contribution in [-0.4, -0.2) is 47.9 Å². The van der Waals surface area contributed by atoms with Gasteiger partial charge in [0.25, 0.3) is 10.0 Å². The molecule has 2 N–H and O–H groups in total. The lowest BCUT2D eigenvalue weighted by molar-refractivity contribution is 0.588. The van der Waals surface area contributed by atoms with E-state index >= 15 is 0 Å². The van der Waals surface area contributed by atoms with E-state index in [-0.39, 0.29) is 4.90 Å². The minimum absolute atomic E-state index is 0.237. The first kappa shape index (κ1) is 17.4. The minimum atomic E-state index is -3.67. The van der Waals surface area contributed by atoms with Gasteiger partial charge < -0.3 is 15.6 Å². The monoisotopic (exact) mass is 358 g/mol. The molecule has 0 amide bonds. The first-order valence-electron chi connectivity index (χ1n) is 8.19. The number of sulfonamides is 1. The summed E-state index contributed by atoms with van der Waals surface area (Å²) in [4.78, 5) is 2.42. The van der Waals surface area contributed by atoms with Gasteiger partial charge in [-0.05, 0) is 24.3 Å². The molecule has 1 aliphatic rings. The quantitative estimate of drug-likeness (QED) is 0.801. The number of piperazine rings is 1. The molecular formula is C18H22N4O2S. The highest BCUT2D eigenvalue weighted by atomic mass is 32.2. The van der Waals surface area contributed by atoms with Crippen LogP contribution in [0.15, 0.2) is 53.4 Å². The minimum Gasteiger partial charge on any atom is -0.368 e. The highest BCUT2D eigenvalue weighted by molar-refractivity contribution is 7.92. The molecule has 0 radical (unpaired) electrons. The van der Waals surface area contributed by atoms with Gasteiger partial charge in [0, 0.05) is 50.7 Å². The van der Waals surface area contributed by atoms with Crippen LogP contribution in [-0.2, 0) is 10.0 Å². The molecule has 132 valence electrons. The molecule has 0 saturated carbocycles. The Morgan fingerprint density at radius 1 is 1.08 bits per heavy atom. The van der Waals surface area contributed by atoms with Crippen molar-refractivity contribution in [1.29, 1.82) is 5.41 Å². The Hall–Kier alpha value is -2.38. The lowest BCUT2D eigenvalue weighted by atomic mass is 10.1. The fourth-order valence-corrected chi connectivity index (χ4v) is 4.26. The van der Waals surface area contributed by atoms with Crippen molar-refractivity contribution in [3.63, 3.8) is 0 Å². The average Bonchev–Trinajstić information content (AvgIpc) is 2.68. The number of nitrogens with one attached hydrogen (secondary N) is 2. The Morgan fingerprint density at radius 2 is 1.76 bits per heavy atom. The second-order valence-corrected chi connectivity index (χ2v) is 7.85. The number of anilines is 2. The van der Waals surface area contributed by atoms with E-state index in [1.807, 2.05) is 12.1 Å². The largest absolute Gasteiger partial charge is 0.368 e. The Labute approximate surface area is 148 Å². The maximum absolute atomic E-state index is 12.9. The van der Waals surface area contributed by atoms with Crippen molar-refractivity contribution in [2.75, 3.05) is 42.4 Å². The Balaban J connectivity index is 2.03. The highest BCUT2D eigenvalue weighted by Crippen LogP contribution is 2.31. The van der Waals surface area contributed by atoms with E-state index in [9.17, 15) is 8.42 Å². The first-order valence-corrected chi connectivity index (χ1v) is 9.63. The lowest BCUT2D eigenvalue weighted by Gasteiger charge is -2.32. The van der Waals surface area contributed by atoms with E-state index in [0.717, 1.165) is 31.9 Å². The van der Waals surface area contributed by atoms with Crippen molar-refractivity contribution >= 4 is 27.6 Å². The molecule has 0 spiro atoms.